The summed E-state index contributed by atoms with van der Waals surface area (Å²) in [5.41, 5.74) is 5.94. The molecular weight excluding hydrogens is 172 g/mol. The monoisotopic (exact) mass is 198 g/mol. The van der Waals surface area contributed by atoms with Crippen LogP contribution in [0.4, 0.5) is 0 Å². The van der Waals surface area contributed by atoms with Gasteiger partial charge in [0.1, 0.15) is 0 Å². The summed E-state index contributed by atoms with van der Waals surface area (Å²) in [6, 6.07) is 1.16. The summed E-state index contributed by atoms with van der Waals surface area (Å²) in [5, 5.41) is 3.63. The van der Waals surface area contributed by atoms with Crippen molar-refractivity contribution in [1.29, 1.82) is 0 Å². The van der Waals surface area contributed by atoms with Gasteiger partial charge in [0, 0.05) is 12.1 Å². The lowest BCUT2D eigenvalue weighted by molar-refractivity contribution is 0.337. The average Bonchev–Trinajstić information content (AvgIpc) is 2.18. The van der Waals surface area contributed by atoms with Gasteiger partial charge in [0.25, 0.3) is 0 Å². The van der Waals surface area contributed by atoms with Crippen molar-refractivity contribution in [3.63, 3.8) is 0 Å². The number of unbranched alkanes of at least 4 members (excludes halogenated alkanes) is 3. The van der Waals surface area contributed by atoms with Crippen molar-refractivity contribution in [2.75, 3.05) is 6.54 Å². The molecule has 1 rings (SSSR count). The zero-order valence-corrected chi connectivity index (χ0v) is 9.60. The Bertz CT molecular complexity index is 136. The van der Waals surface area contributed by atoms with Crippen LogP contribution in [0.2, 0.25) is 0 Å². The van der Waals surface area contributed by atoms with Gasteiger partial charge in [0.2, 0.25) is 0 Å². The molecule has 0 spiro atoms. The molecule has 0 radical (unpaired) electrons. The molecule has 0 saturated heterocycles. The molecule has 3 N–H and O–H groups in total. The van der Waals surface area contributed by atoms with Crippen LogP contribution in [-0.4, -0.2) is 18.6 Å². The molecule has 0 amide bonds. The van der Waals surface area contributed by atoms with Crippen LogP contribution in [-0.2, 0) is 0 Å². The average molecular weight is 198 g/mol. The van der Waals surface area contributed by atoms with Gasteiger partial charge in [-0.05, 0) is 32.2 Å². The Morgan fingerprint density at radius 1 is 1.21 bits per heavy atom. The van der Waals surface area contributed by atoms with Crippen LogP contribution < -0.4 is 11.1 Å². The Kier molecular flexibility index (Phi) is 6.20. The Balaban J connectivity index is 1.95. The standard InChI is InChI=1S/C12H26N2/c1-2-3-4-5-9-14-12-8-6-7-11(13)10-12/h11-12,14H,2-10,13H2,1H3. The number of hydrogen-bond donors (Lipinski definition) is 2. The van der Waals surface area contributed by atoms with Crippen molar-refractivity contribution in [1.82, 2.24) is 5.32 Å². The Morgan fingerprint density at radius 2 is 2.07 bits per heavy atom. The Labute approximate surface area is 88.6 Å². The second-order valence-electron chi connectivity index (χ2n) is 4.64. The molecule has 2 heteroatoms. The van der Waals surface area contributed by atoms with Crippen molar-refractivity contribution in [3.05, 3.63) is 0 Å². The molecule has 0 aromatic heterocycles. The van der Waals surface area contributed by atoms with Crippen molar-refractivity contribution in [3.8, 4) is 0 Å². The summed E-state index contributed by atoms with van der Waals surface area (Å²) in [6.45, 7) is 3.45. The van der Waals surface area contributed by atoms with Gasteiger partial charge in [-0.2, -0.15) is 0 Å². The highest BCUT2D eigenvalue weighted by molar-refractivity contribution is 4.79. The molecule has 0 aliphatic heterocycles. The molecule has 1 fully saturated rings. The van der Waals surface area contributed by atoms with E-state index in [1.165, 1.54) is 57.9 Å². The lowest BCUT2D eigenvalue weighted by atomic mass is 9.91. The van der Waals surface area contributed by atoms with Gasteiger partial charge >= 0.3 is 0 Å². The maximum absolute atomic E-state index is 5.94. The predicted octanol–water partition coefficient (Wildman–Crippen LogP) is 2.43. The first kappa shape index (κ1) is 12.0. The maximum Gasteiger partial charge on any atom is 0.00818 e. The first-order chi connectivity index (χ1) is 6.83. The molecule has 1 aliphatic carbocycles. The number of rotatable bonds is 6. The van der Waals surface area contributed by atoms with E-state index in [0.717, 1.165) is 0 Å². The van der Waals surface area contributed by atoms with E-state index < -0.39 is 0 Å². The Morgan fingerprint density at radius 3 is 2.79 bits per heavy atom. The fourth-order valence-electron chi connectivity index (χ4n) is 2.27. The van der Waals surface area contributed by atoms with E-state index in [-0.39, 0.29) is 0 Å². The smallest absolute Gasteiger partial charge is 0.00818 e. The summed E-state index contributed by atoms with van der Waals surface area (Å²) >= 11 is 0. The molecule has 2 unspecified atom stereocenters. The third kappa shape index (κ3) is 4.97. The molecule has 1 saturated carbocycles. The van der Waals surface area contributed by atoms with Gasteiger partial charge in [0.05, 0.1) is 0 Å². The van der Waals surface area contributed by atoms with Crippen molar-refractivity contribution < 1.29 is 0 Å². The molecule has 2 nitrogen and oxygen atoms in total. The third-order valence-corrected chi connectivity index (χ3v) is 3.18. The lowest BCUT2D eigenvalue weighted by Crippen LogP contribution is -2.39. The molecule has 2 atom stereocenters. The van der Waals surface area contributed by atoms with Crippen molar-refractivity contribution >= 4 is 0 Å². The molecule has 0 heterocycles. The SMILES string of the molecule is CCCCCCNC1CCCC(N)C1. The zero-order valence-electron chi connectivity index (χ0n) is 9.60. The maximum atomic E-state index is 5.94. The summed E-state index contributed by atoms with van der Waals surface area (Å²) in [7, 11) is 0. The number of nitrogens with two attached hydrogens (primary N) is 1. The molecule has 84 valence electrons. The summed E-state index contributed by atoms with van der Waals surface area (Å²) < 4.78 is 0. The van der Waals surface area contributed by atoms with Gasteiger partial charge in [-0.25, -0.2) is 0 Å². The van der Waals surface area contributed by atoms with E-state index in [0.29, 0.717) is 12.1 Å². The van der Waals surface area contributed by atoms with Crippen LogP contribution in [0.25, 0.3) is 0 Å². The molecule has 0 aromatic rings. The number of hydrogen-bond acceptors (Lipinski definition) is 2. The minimum atomic E-state index is 0.455. The first-order valence-electron chi connectivity index (χ1n) is 6.32. The third-order valence-electron chi connectivity index (χ3n) is 3.18. The fourth-order valence-corrected chi connectivity index (χ4v) is 2.27. The van der Waals surface area contributed by atoms with Crippen molar-refractivity contribution in [2.45, 2.75) is 70.4 Å². The molecule has 0 aromatic carbocycles. The fraction of sp³-hybridized carbons (Fsp3) is 1.00. The van der Waals surface area contributed by atoms with E-state index in [1.807, 2.05) is 0 Å². The van der Waals surface area contributed by atoms with E-state index in [9.17, 15) is 0 Å². The second kappa shape index (κ2) is 7.24. The van der Waals surface area contributed by atoms with Crippen molar-refractivity contribution in [2.24, 2.45) is 5.73 Å². The number of nitrogens with one attached hydrogen (secondary N) is 1. The Hall–Kier alpha value is -0.0800. The normalized spacial score (nSPS) is 27.9. The van der Waals surface area contributed by atoms with Gasteiger partial charge in [-0.3, -0.25) is 0 Å². The van der Waals surface area contributed by atoms with Crippen LogP contribution in [0.15, 0.2) is 0 Å². The molecule has 1 aliphatic rings. The first-order valence-corrected chi connectivity index (χ1v) is 6.32. The summed E-state index contributed by atoms with van der Waals surface area (Å²) in [5.74, 6) is 0. The quantitative estimate of drug-likeness (QED) is 0.643. The lowest BCUT2D eigenvalue weighted by Gasteiger charge is -2.27. The molecule has 14 heavy (non-hydrogen) atoms. The van der Waals surface area contributed by atoms with E-state index in [2.05, 4.69) is 12.2 Å². The highest BCUT2D eigenvalue weighted by Crippen LogP contribution is 2.16. The van der Waals surface area contributed by atoms with Gasteiger partial charge in [0.15, 0.2) is 0 Å². The van der Waals surface area contributed by atoms with Crippen LogP contribution in [0, 0.1) is 0 Å². The topological polar surface area (TPSA) is 38.0 Å². The predicted molar refractivity (Wildman–Crippen MR) is 62.4 cm³/mol. The van der Waals surface area contributed by atoms with Gasteiger partial charge < -0.3 is 11.1 Å². The summed E-state index contributed by atoms with van der Waals surface area (Å²) in [4.78, 5) is 0. The van der Waals surface area contributed by atoms with Gasteiger partial charge in [-0.1, -0.05) is 32.6 Å². The van der Waals surface area contributed by atoms with Crippen LogP contribution in [0.5, 0.6) is 0 Å². The molecular formula is C12H26N2. The zero-order chi connectivity index (χ0) is 10.2. The second-order valence-corrected chi connectivity index (χ2v) is 4.64. The van der Waals surface area contributed by atoms with E-state index >= 15 is 0 Å². The summed E-state index contributed by atoms with van der Waals surface area (Å²) in [6.07, 6.45) is 10.5. The van der Waals surface area contributed by atoms with E-state index in [4.69, 9.17) is 5.73 Å². The largest absolute Gasteiger partial charge is 0.328 e. The minimum Gasteiger partial charge on any atom is -0.328 e. The van der Waals surface area contributed by atoms with Crippen LogP contribution >= 0.6 is 0 Å². The highest BCUT2D eigenvalue weighted by atomic mass is 14.9. The van der Waals surface area contributed by atoms with Crippen LogP contribution in [0.3, 0.4) is 0 Å². The van der Waals surface area contributed by atoms with E-state index in [1.54, 1.807) is 0 Å². The van der Waals surface area contributed by atoms with Gasteiger partial charge in [-0.15, -0.1) is 0 Å². The minimum absolute atomic E-state index is 0.455. The highest BCUT2D eigenvalue weighted by Gasteiger charge is 2.17. The van der Waals surface area contributed by atoms with Crippen LogP contribution in [0.1, 0.15) is 58.3 Å². The molecule has 0 bridgehead atoms.